The molecule has 2 aromatic carbocycles. The third-order valence-electron chi connectivity index (χ3n) is 3.36. The average Bonchev–Trinajstić information content (AvgIpc) is 2.92. The number of fused-ring (bicyclic) bond motifs is 2. The van der Waals surface area contributed by atoms with Crippen molar-refractivity contribution >= 4 is 50.3 Å². The molecule has 0 unspecified atom stereocenters. The molecule has 3 aromatic rings. The Morgan fingerprint density at radius 2 is 1.62 bits per heavy atom. The minimum absolute atomic E-state index is 0.00131. The number of para-hydroxylation sites is 2. The van der Waals surface area contributed by atoms with E-state index in [9.17, 15) is 4.79 Å². The Morgan fingerprint density at radius 1 is 1.00 bits per heavy atom. The molecule has 0 saturated carbocycles. The molecule has 2 heterocycles. The normalized spacial score (nSPS) is 16.8. The van der Waals surface area contributed by atoms with Crippen LogP contribution in [0.2, 0.25) is 0 Å². The third-order valence-corrected chi connectivity index (χ3v) is 4.23. The molecule has 0 atom stereocenters. The van der Waals surface area contributed by atoms with Crippen LogP contribution in [0.25, 0.3) is 21.8 Å². The number of pyridine rings is 1. The fraction of sp³-hybridized carbons (Fsp3) is 0.0625. The van der Waals surface area contributed by atoms with Gasteiger partial charge in [0.25, 0.3) is 0 Å². The predicted molar refractivity (Wildman–Crippen MR) is 86.9 cm³/mol. The molecule has 21 heavy (non-hydrogen) atoms. The van der Waals surface area contributed by atoms with Gasteiger partial charge < -0.3 is 5.32 Å². The molecule has 5 heteroatoms. The van der Waals surface area contributed by atoms with E-state index >= 15 is 0 Å². The van der Waals surface area contributed by atoms with Crippen molar-refractivity contribution in [2.75, 3.05) is 5.75 Å². The number of benzene rings is 2. The van der Waals surface area contributed by atoms with E-state index in [2.05, 4.69) is 15.3 Å². The Balaban J connectivity index is 2.05. The quantitative estimate of drug-likeness (QED) is 0.701. The molecule has 102 valence electrons. The van der Waals surface area contributed by atoms with E-state index in [4.69, 9.17) is 0 Å². The lowest BCUT2D eigenvalue weighted by atomic mass is 10.1. The number of thioether (sulfide) groups is 1. The SMILES string of the molecule is O=C1CSC(=Nc2c3ccccc3nc3ccccc23)N1. The molecule has 1 aromatic heterocycles. The van der Waals surface area contributed by atoms with E-state index in [0.29, 0.717) is 10.9 Å². The van der Waals surface area contributed by atoms with E-state index < -0.39 is 0 Å². The zero-order valence-corrected chi connectivity index (χ0v) is 11.9. The summed E-state index contributed by atoms with van der Waals surface area (Å²) in [6, 6.07) is 15.9. The van der Waals surface area contributed by atoms with Crippen molar-refractivity contribution < 1.29 is 4.79 Å². The van der Waals surface area contributed by atoms with Crippen molar-refractivity contribution in [1.29, 1.82) is 0 Å². The number of aliphatic imine (C=N–C) groups is 1. The van der Waals surface area contributed by atoms with Crippen LogP contribution in [0.15, 0.2) is 53.5 Å². The van der Waals surface area contributed by atoms with Gasteiger partial charge in [-0.1, -0.05) is 48.2 Å². The molecular weight excluding hydrogens is 282 g/mol. The van der Waals surface area contributed by atoms with Crippen molar-refractivity contribution in [3.63, 3.8) is 0 Å². The maximum Gasteiger partial charge on any atom is 0.236 e. The lowest BCUT2D eigenvalue weighted by Crippen LogP contribution is -2.19. The van der Waals surface area contributed by atoms with E-state index in [1.807, 2.05) is 48.5 Å². The first-order valence-electron chi connectivity index (χ1n) is 6.60. The number of amidine groups is 1. The van der Waals surface area contributed by atoms with Crippen LogP contribution in [0.1, 0.15) is 0 Å². The van der Waals surface area contributed by atoms with Gasteiger partial charge in [-0.3, -0.25) is 4.79 Å². The summed E-state index contributed by atoms with van der Waals surface area (Å²) < 4.78 is 0. The van der Waals surface area contributed by atoms with Gasteiger partial charge in [0.2, 0.25) is 5.91 Å². The summed E-state index contributed by atoms with van der Waals surface area (Å²) >= 11 is 1.43. The zero-order chi connectivity index (χ0) is 14.2. The minimum Gasteiger partial charge on any atom is -0.304 e. The highest BCUT2D eigenvalue weighted by atomic mass is 32.2. The summed E-state index contributed by atoms with van der Waals surface area (Å²) in [5, 5.41) is 5.42. The van der Waals surface area contributed by atoms with Crippen LogP contribution < -0.4 is 5.32 Å². The van der Waals surface area contributed by atoms with Crippen LogP contribution in [-0.4, -0.2) is 21.8 Å². The number of hydrogen-bond acceptors (Lipinski definition) is 4. The van der Waals surface area contributed by atoms with Crippen LogP contribution in [-0.2, 0) is 4.79 Å². The number of carbonyl (C=O) groups is 1. The second kappa shape index (κ2) is 4.86. The van der Waals surface area contributed by atoms with Gasteiger partial charge in [-0.2, -0.15) is 0 Å². The molecule has 0 spiro atoms. The largest absolute Gasteiger partial charge is 0.304 e. The number of amides is 1. The minimum atomic E-state index is 0.00131. The molecule has 0 aliphatic carbocycles. The predicted octanol–water partition coefficient (Wildman–Crippen LogP) is 3.24. The molecule has 4 nitrogen and oxygen atoms in total. The number of nitrogens with zero attached hydrogens (tertiary/aromatic N) is 2. The highest BCUT2D eigenvalue weighted by Gasteiger charge is 2.17. The van der Waals surface area contributed by atoms with Gasteiger partial charge in [0.1, 0.15) is 0 Å². The summed E-state index contributed by atoms with van der Waals surface area (Å²) in [5.74, 6) is 0.432. The smallest absolute Gasteiger partial charge is 0.236 e. The maximum atomic E-state index is 11.3. The number of nitrogens with one attached hydrogen (secondary N) is 1. The first-order valence-corrected chi connectivity index (χ1v) is 7.59. The monoisotopic (exact) mass is 293 g/mol. The van der Waals surface area contributed by atoms with Gasteiger partial charge in [0.15, 0.2) is 5.17 Å². The molecular formula is C16H11N3OS. The molecule has 1 aliphatic heterocycles. The molecule has 0 radical (unpaired) electrons. The van der Waals surface area contributed by atoms with Gasteiger partial charge in [-0.15, -0.1) is 0 Å². The number of rotatable bonds is 1. The average molecular weight is 293 g/mol. The summed E-state index contributed by atoms with van der Waals surface area (Å²) in [6.45, 7) is 0. The van der Waals surface area contributed by atoms with E-state index in [1.54, 1.807) is 0 Å². The van der Waals surface area contributed by atoms with Gasteiger partial charge in [-0.05, 0) is 12.1 Å². The summed E-state index contributed by atoms with van der Waals surface area (Å²) in [7, 11) is 0. The highest BCUT2D eigenvalue weighted by Crippen LogP contribution is 2.33. The lowest BCUT2D eigenvalue weighted by Gasteiger charge is -2.07. The summed E-state index contributed by atoms with van der Waals surface area (Å²) in [4.78, 5) is 20.7. The second-order valence-electron chi connectivity index (χ2n) is 4.75. The van der Waals surface area contributed by atoms with Crippen molar-refractivity contribution in [2.45, 2.75) is 0 Å². The number of hydrogen-bond donors (Lipinski definition) is 1. The Labute approximate surface area is 125 Å². The second-order valence-corrected chi connectivity index (χ2v) is 5.71. The Bertz CT molecular complexity index is 850. The number of aromatic nitrogens is 1. The van der Waals surface area contributed by atoms with Crippen LogP contribution in [0, 0.1) is 0 Å². The third kappa shape index (κ3) is 2.15. The molecule has 4 rings (SSSR count). The molecule has 1 fully saturated rings. The van der Waals surface area contributed by atoms with Gasteiger partial charge in [-0.25, -0.2) is 9.98 Å². The summed E-state index contributed by atoms with van der Waals surface area (Å²) in [5.41, 5.74) is 2.68. The van der Waals surface area contributed by atoms with E-state index in [1.165, 1.54) is 11.8 Å². The topological polar surface area (TPSA) is 54.4 Å². The van der Waals surface area contributed by atoms with Gasteiger partial charge in [0.05, 0.1) is 22.5 Å². The fourth-order valence-corrected chi connectivity index (χ4v) is 3.11. The van der Waals surface area contributed by atoms with E-state index in [-0.39, 0.29) is 5.91 Å². The lowest BCUT2D eigenvalue weighted by molar-refractivity contribution is -0.116. The Hall–Kier alpha value is -2.40. The molecule has 1 aliphatic rings. The van der Waals surface area contributed by atoms with Crippen LogP contribution in [0.5, 0.6) is 0 Å². The first-order chi connectivity index (χ1) is 10.3. The van der Waals surface area contributed by atoms with Crippen molar-refractivity contribution in [2.24, 2.45) is 4.99 Å². The van der Waals surface area contributed by atoms with Crippen molar-refractivity contribution in [3.8, 4) is 0 Å². The molecule has 1 N–H and O–H groups in total. The van der Waals surface area contributed by atoms with Crippen LogP contribution in [0.4, 0.5) is 5.69 Å². The van der Waals surface area contributed by atoms with Crippen LogP contribution >= 0.6 is 11.8 Å². The molecule has 1 saturated heterocycles. The number of carbonyl (C=O) groups excluding carboxylic acids is 1. The molecule has 0 bridgehead atoms. The Morgan fingerprint density at radius 3 is 2.19 bits per heavy atom. The van der Waals surface area contributed by atoms with Gasteiger partial charge >= 0.3 is 0 Å². The highest BCUT2D eigenvalue weighted by molar-refractivity contribution is 8.15. The van der Waals surface area contributed by atoms with Crippen LogP contribution in [0.3, 0.4) is 0 Å². The fourth-order valence-electron chi connectivity index (χ4n) is 2.43. The van der Waals surface area contributed by atoms with Crippen molar-refractivity contribution in [3.05, 3.63) is 48.5 Å². The van der Waals surface area contributed by atoms with E-state index in [0.717, 1.165) is 27.5 Å². The zero-order valence-electron chi connectivity index (χ0n) is 11.0. The van der Waals surface area contributed by atoms with Gasteiger partial charge in [0, 0.05) is 10.8 Å². The first kappa shape index (κ1) is 12.3. The summed E-state index contributed by atoms with van der Waals surface area (Å²) in [6.07, 6.45) is 0. The maximum absolute atomic E-state index is 11.3. The Kier molecular flexibility index (Phi) is 2.86. The molecule has 1 amide bonds. The van der Waals surface area contributed by atoms with Crippen molar-refractivity contribution in [1.82, 2.24) is 10.3 Å². The standard InChI is InChI=1S/C16H11N3OS/c20-14-9-21-16(18-14)19-15-10-5-1-3-7-12(10)17-13-8-4-2-6-11(13)15/h1-8H,9H2,(H,17,18,19,20).